The summed E-state index contributed by atoms with van der Waals surface area (Å²) in [6.07, 6.45) is 5.00. The van der Waals surface area contributed by atoms with Crippen LogP contribution in [0, 0.1) is 17.3 Å². The number of carbonyl (C=O) groups is 1. The summed E-state index contributed by atoms with van der Waals surface area (Å²) in [4.78, 5) is 11.6. The summed E-state index contributed by atoms with van der Waals surface area (Å²) >= 11 is 0. The normalized spacial score (nSPS) is 30.1. The number of hydrogen-bond donors (Lipinski definition) is 0. The first-order valence-corrected chi connectivity index (χ1v) is 7.04. The van der Waals surface area contributed by atoms with E-state index in [2.05, 4.69) is 27.7 Å². The second-order valence-corrected chi connectivity index (χ2v) is 6.67. The van der Waals surface area contributed by atoms with Crippen LogP contribution in [-0.4, -0.2) is 12.1 Å². The van der Waals surface area contributed by atoms with Crippen molar-refractivity contribution < 1.29 is 9.53 Å². The van der Waals surface area contributed by atoms with E-state index in [9.17, 15) is 4.79 Å². The van der Waals surface area contributed by atoms with Gasteiger partial charge < -0.3 is 4.74 Å². The zero-order valence-corrected chi connectivity index (χ0v) is 12.1. The van der Waals surface area contributed by atoms with Gasteiger partial charge in [-0.05, 0) is 37.0 Å². The minimum Gasteiger partial charge on any atom is -0.462 e. The fourth-order valence-electron chi connectivity index (χ4n) is 2.84. The highest BCUT2D eigenvalue weighted by atomic mass is 16.5. The molecule has 100 valence electrons. The highest BCUT2D eigenvalue weighted by molar-refractivity contribution is 5.69. The lowest BCUT2D eigenvalue weighted by molar-refractivity contribution is -0.157. The summed E-state index contributed by atoms with van der Waals surface area (Å²) in [5.74, 6) is 1.26. The van der Waals surface area contributed by atoms with Crippen LogP contribution in [0.5, 0.6) is 0 Å². The molecule has 0 aromatic carbocycles. The molecule has 3 unspecified atom stereocenters. The largest absolute Gasteiger partial charge is 0.462 e. The van der Waals surface area contributed by atoms with Crippen molar-refractivity contribution in [2.75, 3.05) is 0 Å². The predicted molar refractivity (Wildman–Crippen MR) is 70.7 cm³/mol. The molecule has 0 N–H and O–H groups in total. The summed E-state index contributed by atoms with van der Waals surface area (Å²) in [7, 11) is 0. The van der Waals surface area contributed by atoms with Crippen LogP contribution >= 0.6 is 0 Å². The highest BCUT2D eigenvalue weighted by Crippen LogP contribution is 2.41. The van der Waals surface area contributed by atoms with Crippen LogP contribution in [0.1, 0.15) is 66.7 Å². The van der Waals surface area contributed by atoms with Crippen LogP contribution in [0.2, 0.25) is 0 Å². The molecule has 0 aromatic heterocycles. The van der Waals surface area contributed by atoms with Crippen LogP contribution < -0.4 is 0 Å². The minimum absolute atomic E-state index is 0.0127. The number of hydrogen-bond acceptors (Lipinski definition) is 2. The van der Waals surface area contributed by atoms with Crippen molar-refractivity contribution >= 4 is 5.97 Å². The van der Waals surface area contributed by atoms with E-state index in [1.165, 1.54) is 12.8 Å². The SMILES string of the molecule is CCCC(=O)OC1CCC(C)CC1C(C)(C)C. The Kier molecular flexibility index (Phi) is 5.03. The molecular weight excluding hydrogens is 212 g/mol. The Labute approximate surface area is 106 Å². The first kappa shape index (κ1) is 14.5. The molecule has 1 aliphatic carbocycles. The second kappa shape index (κ2) is 5.88. The molecule has 1 saturated carbocycles. The molecule has 17 heavy (non-hydrogen) atoms. The van der Waals surface area contributed by atoms with Crippen LogP contribution in [-0.2, 0) is 9.53 Å². The third kappa shape index (κ3) is 4.33. The van der Waals surface area contributed by atoms with Gasteiger partial charge >= 0.3 is 5.97 Å². The molecule has 0 spiro atoms. The monoisotopic (exact) mass is 240 g/mol. The predicted octanol–water partition coefficient (Wildman–Crippen LogP) is 4.18. The van der Waals surface area contributed by atoms with E-state index in [1.54, 1.807) is 0 Å². The van der Waals surface area contributed by atoms with E-state index in [-0.39, 0.29) is 17.5 Å². The van der Waals surface area contributed by atoms with Crippen molar-refractivity contribution in [1.29, 1.82) is 0 Å². The summed E-state index contributed by atoms with van der Waals surface area (Å²) in [5, 5.41) is 0. The van der Waals surface area contributed by atoms with Crippen LogP contribution in [0.3, 0.4) is 0 Å². The Bertz CT molecular complexity index is 252. The van der Waals surface area contributed by atoms with Crippen molar-refractivity contribution in [3.63, 3.8) is 0 Å². The molecule has 0 aromatic rings. The molecule has 2 nitrogen and oxygen atoms in total. The zero-order valence-electron chi connectivity index (χ0n) is 12.1. The number of esters is 1. The molecule has 0 bridgehead atoms. The molecule has 0 radical (unpaired) electrons. The first-order valence-electron chi connectivity index (χ1n) is 7.04. The minimum atomic E-state index is -0.0127. The summed E-state index contributed by atoms with van der Waals surface area (Å²) in [6.45, 7) is 11.1. The van der Waals surface area contributed by atoms with E-state index in [0.717, 1.165) is 18.8 Å². The smallest absolute Gasteiger partial charge is 0.306 e. The number of rotatable bonds is 3. The standard InChI is InChI=1S/C15H28O2/c1-6-7-14(16)17-13-9-8-11(2)10-12(13)15(3,4)5/h11-13H,6-10H2,1-5H3. The molecule has 0 heterocycles. The number of ether oxygens (including phenoxy) is 1. The van der Waals surface area contributed by atoms with E-state index < -0.39 is 0 Å². The third-order valence-electron chi connectivity index (χ3n) is 3.90. The zero-order chi connectivity index (χ0) is 13.1. The first-order chi connectivity index (χ1) is 7.84. The van der Waals surface area contributed by atoms with Crippen molar-refractivity contribution in [3.05, 3.63) is 0 Å². The van der Waals surface area contributed by atoms with Gasteiger partial charge in [-0.1, -0.05) is 34.6 Å². The van der Waals surface area contributed by atoms with Gasteiger partial charge in [0.1, 0.15) is 6.10 Å². The Morgan fingerprint density at radius 2 is 1.94 bits per heavy atom. The van der Waals surface area contributed by atoms with Gasteiger partial charge in [-0.15, -0.1) is 0 Å². The average Bonchev–Trinajstić information content (AvgIpc) is 2.19. The molecule has 1 aliphatic rings. The van der Waals surface area contributed by atoms with Gasteiger partial charge in [0.2, 0.25) is 0 Å². The fourth-order valence-corrected chi connectivity index (χ4v) is 2.84. The topological polar surface area (TPSA) is 26.3 Å². The van der Waals surface area contributed by atoms with Gasteiger partial charge in [-0.3, -0.25) is 4.79 Å². The van der Waals surface area contributed by atoms with Crippen molar-refractivity contribution in [2.24, 2.45) is 17.3 Å². The highest BCUT2D eigenvalue weighted by Gasteiger charge is 2.38. The maximum absolute atomic E-state index is 11.6. The molecule has 1 fully saturated rings. The fraction of sp³-hybridized carbons (Fsp3) is 0.933. The second-order valence-electron chi connectivity index (χ2n) is 6.67. The van der Waals surface area contributed by atoms with Gasteiger partial charge in [-0.25, -0.2) is 0 Å². The van der Waals surface area contributed by atoms with Crippen molar-refractivity contribution in [1.82, 2.24) is 0 Å². The molecular formula is C15H28O2. The quantitative estimate of drug-likeness (QED) is 0.692. The number of carbonyl (C=O) groups excluding carboxylic acids is 1. The molecule has 0 amide bonds. The van der Waals surface area contributed by atoms with Gasteiger partial charge in [0, 0.05) is 12.3 Å². The Morgan fingerprint density at radius 3 is 2.47 bits per heavy atom. The lowest BCUT2D eigenvalue weighted by Gasteiger charge is -2.42. The molecule has 3 atom stereocenters. The molecule has 1 rings (SSSR count). The van der Waals surface area contributed by atoms with E-state index >= 15 is 0 Å². The summed E-state index contributed by atoms with van der Waals surface area (Å²) in [6, 6.07) is 0. The van der Waals surface area contributed by atoms with E-state index in [1.807, 2.05) is 6.92 Å². The van der Waals surface area contributed by atoms with Crippen LogP contribution in [0.15, 0.2) is 0 Å². The molecule has 2 heteroatoms. The Balaban J connectivity index is 2.64. The molecule has 0 aliphatic heterocycles. The van der Waals surface area contributed by atoms with Crippen LogP contribution in [0.4, 0.5) is 0 Å². The van der Waals surface area contributed by atoms with E-state index in [4.69, 9.17) is 4.74 Å². The Morgan fingerprint density at radius 1 is 1.29 bits per heavy atom. The molecule has 0 saturated heterocycles. The van der Waals surface area contributed by atoms with E-state index in [0.29, 0.717) is 12.3 Å². The summed E-state index contributed by atoms with van der Waals surface area (Å²) in [5.41, 5.74) is 0.228. The van der Waals surface area contributed by atoms with Crippen LogP contribution in [0.25, 0.3) is 0 Å². The maximum atomic E-state index is 11.6. The lowest BCUT2D eigenvalue weighted by atomic mass is 9.68. The van der Waals surface area contributed by atoms with Crippen molar-refractivity contribution in [3.8, 4) is 0 Å². The maximum Gasteiger partial charge on any atom is 0.306 e. The van der Waals surface area contributed by atoms with Gasteiger partial charge in [0.05, 0.1) is 0 Å². The lowest BCUT2D eigenvalue weighted by Crippen LogP contribution is -2.40. The van der Waals surface area contributed by atoms with Crippen molar-refractivity contribution in [2.45, 2.75) is 72.8 Å². The van der Waals surface area contributed by atoms with Gasteiger partial charge in [0.15, 0.2) is 0 Å². The average molecular weight is 240 g/mol. The Hall–Kier alpha value is -0.530. The summed E-state index contributed by atoms with van der Waals surface area (Å²) < 4.78 is 5.68. The third-order valence-corrected chi connectivity index (χ3v) is 3.90. The van der Waals surface area contributed by atoms with Gasteiger partial charge in [0.25, 0.3) is 0 Å². The van der Waals surface area contributed by atoms with Gasteiger partial charge in [-0.2, -0.15) is 0 Å².